The van der Waals surface area contributed by atoms with Crippen molar-refractivity contribution >= 4 is 27.7 Å². The molecule has 0 aliphatic heterocycles. The van der Waals surface area contributed by atoms with Crippen LogP contribution in [0.4, 0.5) is 0 Å². The fourth-order valence-electron chi connectivity index (χ4n) is 1.77. The lowest BCUT2D eigenvalue weighted by Crippen LogP contribution is -2.09. The van der Waals surface area contributed by atoms with Crippen molar-refractivity contribution in [2.75, 3.05) is 0 Å². The van der Waals surface area contributed by atoms with Crippen molar-refractivity contribution in [3.8, 4) is 0 Å². The highest BCUT2D eigenvalue weighted by Gasteiger charge is 2.16. The molecule has 2 aromatic rings. The summed E-state index contributed by atoms with van der Waals surface area (Å²) in [5.41, 5.74) is 1.78. The lowest BCUT2D eigenvalue weighted by molar-refractivity contribution is 0.0693. The van der Waals surface area contributed by atoms with Gasteiger partial charge in [0.15, 0.2) is 5.78 Å². The number of carbonyl (C=O) groups excluding carboxylic acids is 1. The molecule has 0 aromatic heterocycles. The standard InChI is InChI=1S/C15H11BrO3/c16-9-10-5-7-11(8-6-10)14(17)12-3-1-2-4-13(12)15(18)19/h1-8H,9H2,(H,18,19). The molecule has 0 aliphatic rings. The summed E-state index contributed by atoms with van der Waals surface area (Å²) in [6.45, 7) is 0. The molecule has 0 aliphatic carbocycles. The van der Waals surface area contributed by atoms with Gasteiger partial charge in [0.25, 0.3) is 0 Å². The Labute approximate surface area is 119 Å². The van der Waals surface area contributed by atoms with E-state index in [1.54, 1.807) is 24.3 Å². The van der Waals surface area contributed by atoms with Crippen LogP contribution in [0.15, 0.2) is 48.5 Å². The number of ketones is 1. The molecule has 19 heavy (non-hydrogen) atoms. The van der Waals surface area contributed by atoms with Crippen molar-refractivity contribution in [2.45, 2.75) is 5.33 Å². The van der Waals surface area contributed by atoms with E-state index in [2.05, 4.69) is 15.9 Å². The van der Waals surface area contributed by atoms with Gasteiger partial charge < -0.3 is 5.11 Å². The molecule has 0 unspecified atom stereocenters. The maximum atomic E-state index is 12.3. The summed E-state index contributed by atoms with van der Waals surface area (Å²) in [7, 11) is 0. The average molecular weight is 319 g/mol. The van der Waals surface area contributed by atoms with Crippen LogP contribution in [-0.4, -0.2) is 16.9 Å². The van der Waals surface area contributed by atoms with E-state index in [-0.39, 0.29) is 16.9 Å². The molecular formula is C15H11BrO3. The Morgan fingerprint density at radius 2 is 1.53 bits per heavy atom. The minimum Gasteiger partial charge on any atom is -0.478 e. The van der Waals surface area contributed by atoms with E-state index < -0.39 is 5.97 Å². The summed E-state index contributed by atoms with van der Waals surface area (Å²) in [6, 6.07) is 13.3. The van der Waals surface area contributed by atoms with Crippen molar-refractivity contribution in [2.24, 2.45) is 0 Å². The van der Waals surface area contributed by atoms with Crippen LogP contribution in [-0.2, 0) is 5.33 Å². The summed E-state index contributed by atoms with van der Waals surface area (Å²) < 4.78 is 0. The smallest absolute Gasteiger partial charge is 0.336 e. The molecule has 0 saturated carbocycles. The van der Waals surface area contributed by atoms with E-state index in [9.17, 15) is 9.59 Å². The molecule has 1 N–H and O–H groups in total. The molecule has 96 valence electrons. The van der Waals surface area contributed by atoms with Gasteiger partial charge in [-0.15, -0.1) is 0 Å². The Hall–Kier alpha value is -1.94. The molecule has 4 heteroatoms. The minimum atomic E-state index is -1.10. The number of halogens is 1. The van der Waals surface area contributed by atoms with Crippen molar-refractivity contribution in [1.82, 2.24) is 0 Å². The highest BCUT2D eigenvalue weighted by atomic mass is 79.9. The Morgan fingerprint density at radius 3 is 2.05 bits per heavy atom. The molecule has 0 spiro atoms. The summed E-state index contributed by atoms with van der Waals surface area (Å²) in [6.07, 6.45) is 0. The molecule has 3 nitrogen and oxygen atoms in total. The van der Waals surface area contributed by atoms with Gasteiger partial charge in [-0.3, -0.25) is 4.79 Å². The Bertz CT molecular complexity index is 618. The van der Waals surface area contributed by atoms with E-state index in [1.165, 1.54) is 12.1 Å². The Kier molecular flexibility index (Phi) is 4.12. The molecule has 0 amide bonds. The van der Waals surface area contributed by atoms with E-state index in [0.29, 0.717) is 10.9 Å². The SMILES string of the molecule is O=C(O)c1ccccc1C(=O)c1ccc(CBr)cc1. The van der Waals surface area contributed by atoms with Crippen molar-refractivity contribution in [1.29, 1.82) is 0 Å². The second-order valence-corrected chi connectivity index (χ2v) is 4.57. The maximum absolute atomic E-state index is 12.3. The molecule has 0 radical (unpaired) electrons. The monoisotopic (exact) mass is 318 g/mol. The van der Waals surface area contributed by atoms with Gasteiger partial charge >= 0.3 is 5.97 Å². The molecule has 0 atom stereocenters. The summed E-state index contributed by atoms with van der Waals surface area (Å²) in [5, 5.41) is 9.80. The van der Waals surface area contributed by atoms with Crippen molar-refractivity contribution in [3.05, 3.63) is 70.8 Å². The minimum absolute atomic E-state index is 0.0251. The average Bonchev–Trinajstić information content (AvgIpc) is 2.46. The van der Waals surface area contributed by atoms with Gasteiger partial charge in [0.1, 0.15) is 0 Å². The summed E-state index contributed by atoms with van der Waals surface area (Å²) in [5.74, 6) is -1.37. The van der Waals surface area contributed by atoms with E-state index in [1.807, 2.05) is 12.1 Å². The largest absolute Gasteiger partial charge is 0.478 e. The van der Waals surface area contributed by atoms with Crippen LogP contribution in [0.25, 0.3) is 0 Å². The van der Waals surface area contributed by atoms with Crippen LogP contribution < -0.4 is 0 Å². The third kappa shape index (κ3) is 2.90. The number of rotatable bonds is 4. The highest BCUT2D eigenvalue weighted by Crippen LogP contribution is 2.16. The van der Waals surface area contributed by atoms with Gasteiger partial charge in [-0.2, -0.15) is 0 Å². The molecule has 0 saturated heterocycles. The topological polar surface area (TPSA) is 54.4 Å². The zero-order chi connectivity index (χ0) is 13.8. The first-order valence-electron chi connectivity index (χ1n) is 5.65. The molecule has 0 fully saturated rings. The van der Waals surface area contributed by atoms with Crippen LogP contribution in [0, 0.1) is 0 Å². The molecular weight excluding hydrogens is 308 g/mol. The number of carboxylic acid groups (broad SMARTS) is 1. The number of aromatic carboxylic acids is 1. The number of alkyl halides is 1. The second kappa shape index (κ2) is 5.80. The van der Waals surface area contributed by atoms with Gasteiger partial charge in [0, 0.05) is 16.5 Å². The first-order chi connectivity index (χ1) is 9.13. The highest BCUT2D eigenvalue weighted by molar-refractivity contribution is 9.08. The Morgan fingerprint density at radius 1 is 0.947 bits per heavy atom. The zero-order valence-corrected chi connectivity index (χ0v) is 11.6. The number of carboxylic acids is 1. The molecule has 2 rings (SSSR count). The molecule has 0 bridgehead atoms. The fraction of sp³-hybridized carbons (Fsp3) is 0.0667. The van der Waals surface area contributed by atoms with Gasteiger partial charge in [0.2, 0.25) is 0 Å². The van der Waals surface area contributed by atoms with Crippen LogP contribution >= 0.6 is 15.9 Å². The lowest BCUT2D eigenvalue weighted by atomic mass is 9.98. The second-order valence-electron chi connectivity index (χ2n) is 4.01. The zero-order valence-electron chi connectivity index (χ0n) is 9.97. The summed E-state index contributed by atoms with van der Waals surface area (Å²) >= 11 is 3.33. The normalized spacial score (nSPS) is 10.2. The van der Waals surface area contributed by atoms with E-state index in [0.717, 1.165) is 5.56 Å². The van der Waals surface area contributed by atoms with Crippen LogP contribution in [0.5, 0.6) is 0 Å². The van der Waals surface area contributed by atoms with Crippen LogP contribution in [0.3, 0.4) is 0 Å². The predicted molar refractivity (Wildman–Crippen MR) is 75.9 cm³/mol. The Balaban J connectivity index is 2.41. The predicted octanol–water partition coefficient (Wildman–Crippen LogP) is 3.51. The van der Waals surface area contributed by atoms with Crippen molar-refractivity contribution in [3.63, 3.8) is 0 Å². The molecule has 2 aromatic carbocycles. The van der Waals surface area contributed by atoms with E-state index in [4.69, 9.17) is 5.11 Å². The molecule has 0 heterocycles. The van der Waals surface area contributed by atoms with E-state index >= 15 is 0 Å². The van der Waals surface area contributed by atoms with Gasteiger partial charge in [-0.1, -0.05) is 58.4 Å². The maximum Gasteiger partial charge on any atom is 0.336 e. The first kappa shape index (κ1) is 13.5. The number of hydrogen-bond acceptors (Lipinski definition) is 2. The lowest BCUT2D eigenvalue weighted by Gasteiger charge is -2.05. The fourth-order valence-corrected chi connectivity index (χ4v) is 2.14. The third-order valence-corrected chi connectivity index (χ3v) is 3.42. The van der Waals surface area contributed by atoms with Gasteiger partial charge in [0.05, 0.1) is 5.56 Å². The summed E-state index contributed by atoms with van der Waals surface area (Å²) in [4.78, 5) is 23.4. The quantitative estimate of drug-likeness (QED) is 0.693. The first-order valence-corrected chi connectivity index (χ1v) is 6.77. The van der Waals surface area contributed by atoms with Crippen molar-refractivity contribution < 1.29 is 14.7 Å². The van der Waals surface area contributed by atoms with Crippen LogP contribution in [0.2, 0.25) is 0 Å². The number of benzene rings is 2. The van der Waals surface area contributed by atoms with Gasteiger partial charge in [-0.25, -0.2) is 4.79 Å². The number of hydrogen-bond donors (Lipinski definition) is 1. The van der Waals surface area contributed by atoms with Gasteiger partial charge in [-0.05, 0) is 11.6 Å². The number of carbonyl (C=O) groups is 2. The third-order valence-electron chi connectivity index (χ3n) is 2.77. The van der Waals surface area contributed by atoms with Crippen LogP contribution in [0.1, 0.15) is 31.8 Å².